The lowest BCUT2D eigenvalue weighted by Gasteiger charge is -2.22. The Kier molecular flexibility index (Phi) is 7.37. The molecule has 18 heavy (non-hydrogen) atoms. The van der Waals surface area contributed by atoms with Crippen LogP contribution in [0.4, 0.5) is 0 Å². The summed E-state index contributed by atoms with van der Waals surface area (Å²) in [6, 6.07) is 0.0915. The van der Waals surface area contributed by atoms with Gasteiger partial charge in [0, 0.05) is 26.2 Å². The van der Waals surface area contributed by atoms with E-state index in [9.17, 15) is 13.2 Å². The molecule has 0 heterocycles. The van der Waals surface area contributed by atoms with E-state index in [4.69, 9.17) is 0 Å². The Morgan fingerprint density at radius 3 is 2.33 bits per heavy atom. The number of rotatable bonds is 8. The normalized spacial score (nSPS) is 13.9. The zero-order valence-corrected chi connectivity index (χ0v) is 12.5. The molecule has 1 N–H and O–H groups in total. The van der Waals surface area contributed by atoms with E-state index >= 15 is 0 Å². The smallest absolute Gasteiger partial charge is 0.306 e. The molecular weight excluding hydrogens is 258 g/mol. The van der Waals surface area contributed by atoms with Gasteiger partial charge in [0.1, 0.15) is 0 Å². The Hall–Kier alpha value is -0.700. The molecule has 0 fully saturated rings. The minimum atomic E-state index is -3.54. The zero-order chi connectivity index (χ0) is 14.3. The molecule has 7 nitrogen and oxygen atoms in total. The molecule has 0 bridgehead atoms. The molecular formula is C10H23N3O4S. The molecule has 0 rings (SSSR count). The van der Waals surface area contributed by atoms with E-state index in [1.54, 1.807) is 0 Å². The van der Waals surface area contributed by atoms with Crippen LogP contribution in [0, 0.1) is 0 Å². The van der Waals surface area contributed by atoms with Crippen LogP contribution in [-0.4, -0.2) is 71.0 Å². The van der Waals surface area contributed by atoms with Gasteiger partial charge in [0.15, 0.2) is 0 Å². The van der Waals surface area contributed by atoms with Gasteiger partial charge in [-0.2, -0.15) is 12.7 Å². The van der Waals surface area contributed by atoms with E-state index in [1.807, 2.05) is 25.9 Å². The lowest BCUT2D eigenvalue weighted by molar-refractivity contribution is -0.140. The van der Waals surface area contributed by atoms with E-state index in [-0.39, 0.29) is 19.0 Å². The molecule has 0 aliphatic rings. The first kappa shape index (κ1) is 17.3. The topological polar surface area (TPSA) is 78.9 Å². The molecule has 0 radical (unpaired) electrons. The number of carbonyl (C=O) groups excluding carboxylic acids is 1. The Bertz CT molecular complexity index is 356. The third-order valence-electron chi connectivity index (χ3n) is 2.71. The average Bonchev–Trinajstić information content (AvgIpc) is 2.32. The average molecular weight is 281 g/mol. The molecule has 1 unspecified atom stereocenters. The first-order valence-electron chi connectivity index (χ1n) is 5.65. The number of methoxy groups -OCH3 is 1. The summed E-state index contributed by atoms with van der Waals surface area (Å²) in [6.45, 7) is 2.33. The van der Waals surface area contributed by atoms with Crippen molar-refractivity contribution in [1.82, 2.24) is 13.9 Å². The molecule has 0 saturated heterocycles. The van der Waals surface area contributed by atoms with Gasteiger partial charge >= 0.3 is 5.97 Å². The van der Waals surface area contributed by atoms with Crippen molar-refractivity contribution < 1.29 is 17.9 Å². The summed E-state index contributed by atoms with van der Waals surface area (Å²) in [4.78, 5) is 12.8. The molecule has 1 atom stereocenters. The summed E-state index contributed by atoms with van der Waals surface area (Å²) in [6.07, 6.45) is 0.0388. The fourth-order valence-corrected chi connectivity index (χ4v) is 1.99. The molecule has 0 amide bonds. The van der Waals surface area contributed by atoms with Gasteiger partial charge in [0.05, 0.1) is 13.5 Å². The maximum Gasteiger partial charge on any atom is 0.306 e. The molecule has 0 aromatic rings. The van der Waals surface area contributed by atoms with Gasteiger partial charge in [0.25, 0.3) is 10.2 Å². The fraction of sp³-hybridized carbons (Fsp3) is 0.900. The van der Waals surface area contributed by atoms with Crippen molar-refractivity contribution in [1.29, 1.82) is 0 Å². The van der Waals surface area contributed by atoms with Gasteiger partial charge in [-0.1, -0.05) is 0 Å². The van der Waals surface area contributed by atoms with Crippen molar-refractivity contribution in [2.75, 3.05) is 41.3 Å². The third-order valence-corrected chi connectivity index (χ3v) is 4.25. The quantitative estimate of drug-likeness (QED) is 0.593. The molecule has 0 aromatic carbocycles. The van der Waals surface area contributed by atoms with Gasteiger partial charge < -0.3 is 9.64 Å². The SMILES string of the molecule is COC(=O)CCN(C)S(=O)(=O)NCC(C)N(C)C. The summed E-state index contributed by atoms with van der Waals surface area (Å²) in [5.41, 5.74) is 0. The minimum Gasteiger partial charge on any atom is -0.469 e. The van der Waals surface area contributed by atoms with Gasteiger partial charge in [-0.3, -0.25) is 4.79 Å². The van der Waals surface area contributed by atoms with E-state index < -0.39 is 16.2 Å². The van der Waals surface area contributed by atoms with Crippen LogP contribution in [0.5, 0.6) is 0 Å². The van der Waals surface area contributed by atoms with Crippen molar-refractivity contribution in [2.24, 2.45) is 0 Å². The molecule has 0 saturated carbocycles. The Balaban J connectivity index is 4.23. The molecule has 0 aliphatic heterocycles. The highest BCUT2D eigenvalue weighted by atomic mass is 32.2. The molecule has 0 spiro atoms. The van der Waals surface area contributed by atoms with Gasteiger partial charge in [-0.15, -0.1) is 0 Å². The number of esters is 1. The molecule has 108 valence electrons. The predicted molar refractivity (Wildman–Crippen MR) is 69.3 cm³/mol. The van der Waals surface area contributed by atoms with Gasteiger partial charge in [-0.25, -0.2) is 4.72 Å². The summed E-state index contributed by atoms with van der Waals surface area (Å²) < 4.78 is 31.7. The number of hydrogen-bond donors (Lipinski definition) is 1. The highest BCUT2D eigenvalue weighted by Crippen LogP contribution is 1.98. The number of nitrogens with zero attached hydrogens (tertiary/aromatic N) is 2. The maximum atomic E-state index is 11.8. The van der Waals surface area contributed by atoms with Crippen molar-refractivity contribution in [3.63, 3.8) is 0 Å². The molecule has 8 heteroatoms. The predicted octanol–water partition coefficient (Wildman–Crippen LogP) is -0.734. The summed E-state index contributed by atoms with van der Waals surface area (Å²) in [5, 5.41) is 0. The monoisotopic (exact) mass is 281 g/mol. The van der Waals surface area contributed by atoms with Crippen LogP contribution in [0.3, 0.4) is 0 Å². The third kappa shape index (κ3) is 6.29. The minimum absolute atomic E-state index is 0.0388. The van der Waals surface area contributed by atoms with Gasteiger partial charge in [-0.05, 0) is 21.0 Å². The van der Waals surface area contributed by atoms with Crippen molar-refractivity contribution in [3.05, 3.63) is 0 Å². The summed E-state index contributed by atoms with van der Waals surface area (Å²) in [7, 11) is 2.90. The van der Waals surface area contributed by atoms with E-state index in [0.717, 1.165) is 4.31 Å². The lowest BCUT2D eigenvalue weighted by atomic mass is 10.3. The highest BCUT2D eigenvalue weighted by molar-refractivity contribution is 7.87. The second-order valence-electron chi connectivity index (χ2n) is 4.31. The van der Waals surface area contributed by atoms with E-state index in [2.05, 4.69) is 9.46 Å². The zero-order valence-electron chi connectivity index (χ0n) is 11.6. The number of hydrogen-bond acceptors (Lipinski definition) is 5. The van der Waals surface area contributed by atoms with Crippen LogP contribution in [0.1, 0.15) is 13.3 Å². The second kappa shape index (κ2) is 7.67. The lowest BCUT2D eigenvalue weighted by Crippen LogP contribution is -2.44. The van der Waals surface area contributed by atoms with Gasteiger partial charge in [0.2, 0.25) is 0 Å². The second-order valence-corrected chi connectivity index (χ2v) is 6.18. The Morgan fingerprint density at radius 2 is 1.89 bits per heavy atom. The number of likely N-dealkylation sites (N-methyl/N-ethyl adjacent to an activating group) is 1. The fourth-order valence-electron chi connectivity index (χ4n) is 0.990. The standard InChI is InChI=1S/C10H23N3O4S/c1-9(12(2)3)8-11-18(15,16)13(4)7-6-10(14)17-5/h9,11H,6-8H2,1-5H3. The first-order valence-corrected chi connectivity index (χ1v) is 7.09. The largest absolute Gasteiger partial charge is 0.469 e. The summed E-state index contributed by atoms with van der Waals surface area (Å²) in [5.74, 6) is -0.432. The van der Waals surface area contributed by atoms with Crippen LogP contribution in [0.2, 0.25) is 0 Å². The van der Waals surface area contributed by atoms with Crippen LogP contribution in [0.25, 0.3) is 0 Å². The van der Waals surface area contributed by atoms with Crippen molar-refractivity contribution >= 4 is 16.2 Å². The van der Waals surface area contributed by atoms with Crippen LogP contribution in [-0.2, 0) is 19.7 Å². The number of ether oxygens (including phenoxy) is 1. The van der Waals surface area contributed by atoms with Crippen LogP contribution in [0.15, 0.2) is 0 Å². The van der Waals surface area contributed by atoms with Crippen LogP contribution >= 0.6 is 0 Å². The maximum absolute atomic E-state index is 11.8. The van der Waals surface area contributed by atoms with Crippen molar-refractivity contribution in [3.8, 4) is 0 Å². The van der Waals surface area contributed by atoms with Crippen LogP contribution < -0.4 is 4.72 Å². The first-order chi connectivity index (χ1) is 8.20. The number of carbonyl (C=O) groups is 1. The number of nitrogens with one attached hydrogen (secondary N) is 1. The highest BCUT2D eigenvalue weighted by Gasteiger charge is 2.19. The summed E-state index contributed by atoms with van der Waals surface area (Å²) >= 11 is 0. The Morgan fingerprint density at radius 1 is 1.33 bits per heavy atom. The Labute approximate surface area is 109 Å². The molecule has 0 aromatic heterocycles. The van der Waals surface area contributed by atoms with Crippen molar-refractivity contribution in [2.45, 2.75) is 19.4 Å². The van der Waals surface area contributed by atoms with E-state index in [1.165, 1.54) is 14.2 Å². The molecule has 0 aliphatic carbocycles. The van der Waals surface area contributed by atoms with E-state index in [0.29, 0.717) is 6.54 Å².